The molecule has 1 heterocycles. The van der Waals surface area contributed by atoms with Crippen LogP contribution in [0, 0.1) is 0 Å². The maximum atomic E-state index is 12.4. The molecule has 1 N–H and O–H groups in total. The Labute approximate surface area is 158 Å². The van der Waals surface area contributed by atoms with Gasteiger partial charge in [-0.3, -0.25) is 9.59 Å². The Balaban J connectivity index is 1.63. The molecule has 0 saturated heterocycles. The van der Waals surface area contributed by atoms with Crippen molar-refractivity contribution in [1.82, 2.24) is 9.78 Å². The van der Waals surface area contributed by atoms with Crippen molar-refractivity contribution < 1.29 is 14.3 Å². The highest BCUT2D eigenvalue weighted by molar-refractivity contribution is 5.95. The van der Waals surface area contributed by atoms with Crippen LogP contribution in [-0.4, -0.2) is 27.8 Å². The summed E-state index contributed by atoms with van der Waals surface area (Å²) in [5.41, 5.74) is 0.878. The van der Waals surface area contributed by atoms with Crippen LogP contribution < -0.4 is 5.32 Å². The highest BCUT2D eigenvalue weighted by atomic mass is 16.5. The predicted octanol–water partition coefficient (Wildman–Crippen LogP) is 3.73. The van der Waals surface area contributed by atoms with Crippen molar-refractivity contribution >= 4 is 28.5 Å². The molecule has 140 valence electrons. The second-order valence-corrected chi connectivity index (χ2v) is 6.69. The third-order valence-electron chi connectivity index (χ3n) is 4.30. The molecule has 0 fully saturated rings. The number of aromatic nitrogens is 2. The smallest absolute Gasteiger partial charge is 0.311 e. The number of fused-ring (bicyclic) bond motifs is 1. The van der Waals surface area contributed by atoms with E-state index >= 15 is 0 Å². The number of nitrogens with one attached hydrogen (secondary N) is 1. The summed E-state index contributed by atoms with van der Waals surface area (Å²) < 4.78 is 7.03. The molecular weight excluding hydrogens is 342 g/mol. The first-order valence-corrected chi connectivity index (χ1v) is 8.96. The van der Waals surface area contributed by atoms with E-state index in [9.17, 15) is 9.59 Å². The minimum Gasteiger partial charge on any atom is -0.452 e. The number of esters is 1. The van der Waals surface area contributed by atoms with E-state index in [-0.39, 0.29) is 18.4 Å². The summed E-state index contributed by atoms with van der Waals surface area (Å²) >= 11 is 0. The fraction of sp³-hybridized carbons (Fsp3) is 0.286. The van der Waals surface area contributed by atoms with Crippen molar-refractivity contribution in [2.75, 3.05) is 5.32 Å². The number of rotatable bonds is 6. The quantitative estimate of drug-likeness (QED) is 0.676. The largest absolute Gasteiger partial charge is 0.452 e. The minimum atomic E-state index is -0.900. The second kappa shape index (κ2) is 8.03. The van der Waals surface area contributed by atoms with Crippen LogP contribution in [-0.2, 0) is 20.7 Å². The number of hydrogen-bond acceptors (Lipinski definition) is 4. The van der Waals surface area contributed by atoms with Crippen LogP contribution in [0.3, 0.4) is 0 Å². The van der Waals surface area contributed by atoms with E-state index in [1.807, 2.05) is 56.3 Å². The first-order chi connectivity index (χ1) is 13.0. The Morgan fingerprint density at radius 1 is 1.07 bits per heavy atom. The van der Waals surface area contributed by atoms with Gasteiger partial charge >= 0.3 is 5.97 Å². The zero-order valence-corrected chi connectivity index (χ0v) is 15.7. The van der Waals surface area contributed by atoms with Gasteiger partial charge in [0.15, 0.2) is 6.10 Å². The molecule has 1 amide bonds. The van der Waals surface area contributed by atoms with Gasteiger partial charge in [0.25, 0.3) is 5.91 Å². The van der Waals surface area contributed by atoms with Gasteiger partial charge in [-0.05, 0) is 37.1 Å². The molecule has 1 atom stereocenters. The van der Waals surface area contributed by atoms with Gasteiger partial charge in [0.05, 0.1) is 12.6 Å². The van der Waals surface area contributed by atoms with Crippen LogP contribution in [0.1, 0.15) is 32.4 Å². The lowest BCUT2D eigenvalue weighted by molar-refractivity contribution is -0.152. The number of carbonyl (C=O) groups is 2. The topological polar surface area (TPSA) is 73.2 Å². The van der Waals surface area contributed by atoms with Gasteiger partial charge in [0, 0.05) is 12.1 Å². The number of hydrogen-bond donors (Lipinski definition) is 1. The van der Waals surface area contributed by atoms with Crippen molar-refractivity contribution in [2.45, 2.75) is 39.3 Å². The Morgan fingerprint density at radius 2 is 1.81 bits per heavy atom. The number of carbonyl (C=O) groups excluding carboxylic acids is 2. The monoisotopic (exact) mass is 365 g/mol. The molecule has 0 bridgehead atoms. The van der Waals surface area contributed by atoms with Crippen molar-refractivity contribution in [2.24, 2.45) is 0 Å². The first kappa shape index (κ1) is 18.6. The summed E-state index contributed by atoms with van der Waals surface area (Å²) in [7, 11) is 0. The molecule has 1 aromatic heterocycles. The molecule has 3 rings (SSSR count). The third-order valence-corrected chi connectivity index (χ3v) is 4.30. The molecule has 0 spiro atoms. The van der Waals surface area contributed by atoms with E-state index in [0.717, 1.165) is 16.3 Å². The molecule has 3 aromatic rings. The van der Waals surface area contributed by atoms with E-state index in [4.69, 9.17) is 4.74 Å². The third kappa shape index (κ3) is 4.34. The normalized spacial score (nSPS) is 12.1. The second-order valence-electron chi connectivity index (χ2n) is 6.69. The van der Waals surface area contributed by atoms with Crippen LogP contribution in [0.5, 0.6) is 0 Å². The first-order valence-electron chi connectivity index (χ1n) is 8.96. The summed E-state index contributed by atoms with van der Waals surface area (Å²) in [6.45, 7) is 5.50. The van der Waals surface area contributed by atoms with Crippen molar-refractivity contribution in [3.05, 3.63) is 60.3 Å². The SMILES string of the molecule is CC(C)n1nccc1NC(=O)[C@H](C)OC(=O)Cc1cccc2ccccc12. The molecule has 0 saturated carbocycles. The van der Waals surface area contributed by atoms with Gasteiger partial charge in [-0.2, -0.15) is 5.10 Å². The van der Waals surface area contributed by atoms with Crippen molar-refractivity contribution in [1.29, 1.82) is 0 Å². The minimum absolute atomic E-state index is 0.111. The van der Waals surface area contributed by atoms with E-state index < -0.39 is 12.1 Å². The lowest BCUT2D eigenvalue weighted by Gasteiger charge is -2.16. The molecule has 0 aliphatic carbocycles. The Morgan fingerprint density at radius 3 is 2.59 bits per heavy atom. The summed E-state index contributed by atoms with van der Waals surface area (Å²) in [5.74, 6) is -0.248. The van der Waals surface area contributed by atoms with E-state index in [2.05, 4.69) is 10.4 Å². The van der Waals surface area contributed by atoms with Crippen molar-refractivity contribution in [3.63, 3.8) is 0 Å². The maximum Gasteiger partial charge on any atom is 0.311 e. The number of nitrogens with zero attached hydrogens (tertiary/aromatic N) is 2. The predicted molar refractivity (Wildman–Crippen MR) is 104 cm³/mol. The molecule has 6 nitrogen and oxygen atoms in total. The van der Waals surface area contributed by atoms with Gasteiger partial charge < -0.3 is 10.1 Å². The van der Waals surface area contributed by atoms with Gasteiger partial charge in [-0.15, -0.1) is 0 Å². The van der Waals surface area contributed by atoms with E-state index in [1.54, 1.807) is 23.9 Å². The fourth-order valence-corrected chi connectivity index (χ4v) is 2.95. The summed E-state index contributed by atoms with van der Waals surface area (Å²) in [6, 6.07) is 15.5. The number of ether oxygens (including phenoxy) is 1. The fourth-order valence-electron chi connectivity index (χ4n) is 2.95. The average molecular weight is 365 g/mol. The van der Waals surface area contributed by atoms with Crippen LogP contribution >= 0.6 is 0 Å². The van der Waals surface area contributed by atoms with Gasteiger partial charge in [0.1, 0.15) is 5.82 Å². The lowest BCUT2D eigenvalue weighted by Crippen LogP contribution is -2.31. The molecular formula is C21H23N3O3. The van der Waals surface area contributed by atoms with E-state index in [0.29, 0.717) is 5.82 Å². The van der Waals surface area contributed by atoms with Crippen LogP contribution in [0.25, 0.3) is 10.8 Å². The van der Waals surface area contributed by atoms with Gasteiger partial charge in [-0.25, -0.2) is 4.68 Å². The standard InChI is InChI=1S/C21H23N3O3/c1-14(2)24-19(11-12-22-24)23-21(26)15(3)27-20(25)13-17-9-6-8-16-7-4-5-10-18(16)17/h4-12,14-15H,13H2,1-3H3,(H,23,26)/t15-/m0/s1. The Hall–Kier alpha value is -3.15. The number of amides is 1. The number of anilines is 1. The van der Waals surface area contributed by atoms with Crippen LogP contribution in [0.2, 0.25) is 0 Å². The summed E-state index contributed by atoms with van der Waals surface area (Å²) in [4.78, 5) is 24.7. The Kier molecular flexibility index (Phi) is 5.54. The molecule has 27 heavy (non-hydrogen) atoms. The van der Waals surface area contributed by atoms with Crippen LogP contribution in [0.15, 0.2) is 54.7 Å². The highest BCUT2D eigenvalue weighted by Gasteiger charge is 2.20. The highest BCUT2D eigenvalue weighted by Crippen LogP contribution is 2.19. The molecule has 0 aliphatic heterocycles. The van der Waals surface area contributed by atoms with Crippen molar-refractivity contribution in [3.8, 4) is 0 Å². The van der Waals surface area contributed by atoms with Gasteiger partial charge in [0.2, 0.25) is 0 Å². The maximum absolute atomic E-state index is 12.4. The van der Waals surface area contributed by atoms with E-state index in [1.165, 1.54) is 0 Å². The molecule has 0 radical (unpaired) electrons. The molecule has 0 unspecified atom stereocenters. The zero-order chi connectivity index (χ0) is 19.4. The van der Waals surface area contributed by atoms with Gasteiger partial charge in [-0.1, -0.05) is 42.5 Å². The lowest BCUT2D eigenvalue weighted by atomic mass is 10.0. The number of benzene rings is 2. The Bertz CT molecular complexity index is 957. The zero-order valence-electron chi connectivity index (χ0n) is 15.7. The summed E-state index contributed by atoms with van der Waals surface area (Å²) in [6.07, 6.45) is 0.832. The molecule has 6 heteroatoms. The van der Waals surface area contributed by atoms with Crippen LogP contribution in [0.4, 0.5) is 5.82 Å². The molecule has 2 aromatic carbocycles. The average Bonchev–Trinajstić information content (AvgIpc) is 3.10. The summed E-state index contributed by atoms with van der Waals surface area (Å²) in [5, 5.41) is 9.00. The molecule has 0 aliphatic rings.